The lowest BCUT2D eigenvalue weighted by atomic mass is 10.1. The lowest BCUT2D eigenvalue weighted by Gasteiger charge is -2.22. The van der Waals surface area contributed by atoms with Gasteiger partial charge in [-0.1, -0.05) is 25.1 Å². The third kappa shape index (κ3) is 3.61. The highest BCUT2D eigenvalue weighted by Crippen LogP contribution is 2.24. The fourth-order valence-corrected chi connectivity index (χ4v) is 3.92. The van der Waals surface area contributed by atoms with E-state index in [1.165, 1.54) is 4.90 Å². The Hall–Kier alpha value is -2.84. The molecule has 8 heteroatoms. The molecule has 0 spiro atoms. The third-order valence-electron chi connectivity index (χ3n) is 4.62. The molecule has 4 rings (SSSR count). The summed E-state index contributed by atoms with van der Waals surface area (Å²) >= 11 is 1.55. The van der Waals surface area contributed by atoms with Crippen LogP contribution in [0.4, 0.5) is 0 Å². The lowest BCUT2D eigenvalue weighted by molar-refractivity contribution is 0.0633. The molecular formula is C20H20N4O3S. The van der Waals surface area contributed by atoms with Crippen LogP contribution in [-0.2, 0) is 6.54 Å². The highest BCUT2D eigenvalue weighted by atomic mass is 32.1. The van der Waals surface area contributed by atoms with E-state index in [4.69, 9.17) is 4.42 Å². The summed E-state index contributed by atoms with van der Waals surface area (Å²) in [7, 11) is 0. The average Bonchev–Trinajstić information content (AvgIpc) is 3.43. The number of rotatable bonds is 8. The van der Waals surface area contributed by atoms with Crippen molar-refractivity contribution in [3.63, 3.8) is 0 Å². The van der Waals surface area contributed by atoms with E-state index in [1.54, 1.807) is 35.6 Å². The van der Waals surface area contributed by atoms with Gasteiger partial charge in [-0.05, 0) is 36.5 Å². The predicted octanol–water partition coefficient (Wildman–Crippen LogP) is 3.31. The highest BCUT2D eigenvalue weighted by Gasteiger charge is 2.34. The molecule has 0 aliphatic carbocycles. The molecule has 144 valence electrons. The number of hydrogen-bond acceptors (Lipinski definition) is 7. The fourth-order valence-electron chi connectivity index (χ4n) is 3.28. The first kappa shape index (κ1) is 18.5. The van der Waals surface area contributed by atoms with Crippen molar-refractivity contribution in [2.45, 2.75) is 19.9 Å². The number of carbonyl (C=O) groups is 2. The normalized spacial score (nSPS) is 13.6. The molecule has 3 heterocycles. The maximum Gasteiger partial charge on any atom is 0.261 e. The van der Waals surface area contributed by atoms with E-state index in [9.17, 15) is 9.59 Å². The van der Waals surface area contributed by atoms with Crippen LogP contribution in [0.15, 0.2) is 46.2 Å². The monoisotopic (exact) mass is 396 g/mol. The molecule has 3 aromatic rings. The van der Waals surface area contributed by atoms with E-state index < -0.39 is 0 Å². The van der Waals surface area contributed by atoms with Crippen molar-refractivity contribution in [2.24, 2.45) is 0 Å². The van der Waals surface area contributed by atoms with Crippen LogP contribution in [0.2, 0.25) is 0 Å². The maximum atomic E-state index is 12.5. The molecule has 0 bridgehead atoms. The van der Waals surface area contributed by atoms with Crippen molar-refractivity contribution >= 4 is 23.2 Å². The van der Waals surface area contributed by atoms with E-state index >= 15 is 0 Å². The van der Waals surface area contributed by atoms with E-state index in [1.807, 2.05) is 17.5 Å². The zero-order chi connectivity index (χ0) is 19.5. The quantitative estimate of drug-likeness (QED) is 0.544. The highest BCUT2D eigenvalue weighted by molar-refractivity contribution is 7.13. The van der Waals surface area contributed by atoms with Crippen molar-refractivity contribution in [1.29, 1.82) is 0 Å². The number of thiophene rings is 1. The Morgan fingerprint density at radius 3 is 2.43 bits per heavy atom. The van der Waals surface area contributed by atoms with Gasteiger partial charge in [-0.2, -0.15) is 0 Å². The molecule has 0 radical (unpaired) electrons. The first-order chi connectivity index (χ1) is 13.7. The first-order valence-electron chi connectivity index (χ1n) is 9.21. The summed E-state index contributed by atoms with van der Waals surface area (Å²) in [6.07, 6.45) is 0.939. The van der Waals surface area contributed by atoms with Crippen molar-refractivity contribution < 1.29 is 14.0 Å². The van der Waals surface area contributed by atoms with E-state index in [0.717, 1.165) is 17.8 Å². The van der Waals surface area contributed by atoms with Crippen molar-refractivity contribution in [1.82, 2.24) is 20.0 Å². The molecule has 0 saturated heterocycles. The molecule has 0 N–H and O–H groups in total. The van der Waals surface area contributed by atoms with Crippen LogP contribution in [-0.4, -0.2) is 51.4 Å². The molecule has 1 aliphatic heterocycles. The molecule has 2 amide bonds. The molecule has 0 atom stereocenters. The molecule has 7 nitrogen and oxygen atoms in total. The van der Waals surface area contributed by atoms with Gasteiger partial charge in [0, 0.05) is 13.1 Å². The standard InChI is InChI=1S/C20H20N4O3S/c1-2-9-23(13-17-21-22-18(27-17)16-8-5-12-28-16)10-11-24-19(25)14-6-3-4-7-15(14)20(24)26/h3-8,12H,2,9-11,13H2,1H3. The second kappa shape index (κ2) is 8.04. The number of fused-ring (bicyclic) bond motifs is 1. The first-order valence-corrected chi connectivity index (χ1v) is 10.1. The fraction of sp³-hybridized carbons (Fsp3) is 0.300. The maximum absolute atomic E-state index is 12.5. The summed E-state index contributed by atoms with van der Waals surface area (Å²) in [5.41, 5.74) is 0.957. The van der Waals surface area contributed by atoms with Gasteiger partial charge in [0.05, 0.1) is 22.5 Å². The minimum Gasteiger partial charge on any atom is -0.419 e. The second-order valence-electron chi connectivity index (χ2n) is 6.56. The van der Waals surface area contributed by atoms with E-state index in [0.29, 0.717) is 42.5 Å². The zero-order valence-electron chi connectivity index (χ0n) is 15.5. The summed E-state index contributed by atoms with van der Waals surface area (Å²) in [6.45, 7) is 4.25. The van der Waals surface area contributed by atoms with Crippen LogP contribution >= 0.6 is 11.3 Å². The van der Waals surface area contributed by atoms with Gasteiger partial charge in [-0.25, -0.2) is 0 Å². The number of benzene rings is 1. The summed E-state index contributed by atoms with van der Waals surface area (Å²) in [6, 6.07) is 10.8. The van der Waals surface area contributed by atoms with Gasteiger partial charge in [-0.3, -0.25) is 19.4 Å². The third-order valence-corrected chi connectivity index (χ3v) is 5.47. The van der Waals surface area contributed by atoms with Gasteiger partial charge in [0.2, 0.25) is 5.89 Å². The second-order valence-corrected chi connectivity index (χ2v) is 7.51. The van der Waals surface area contributed by atoms with Gasteiger partial charge >= 0.3 is 0 Å². The topological polar surface area (TPSA) is 79.5 Å². The van der Waals surface area contributed by atoms with Crippen LogP contribution in [0.5, 0.6) is 0 Å². The number of aromatic nitrogens is 2. The number of amides is 2. The average molecular weight is 396 g/mol. The summed E-state index contributed by atoms with van der Waals surface area (Å²) in [4.78, 5) is 29.4. The van der Waals surface area contributed by atoms with E-state index in [-0.39, 0.29) is 11.8 Å². The Labute approximate surface area is 166 Å². The Balaban J connectivity index is 1.41. The number of imide groups is 1. The molecule has 0 saturated carbocycles. The van der Waals surface area contributed by atoms with Crippen LogP contribution in [0.1, 0.15) is 40.0 Å². The van der Waals surface area contributed by atoms with E-state index in [2.05, 4.69) is 22.0 Å². The van der Waals surface area contributed by atoms with Crippen LogP contribution in [0.25, 0.3) is 10.8 Å². The van der Waals surface area contributed by atoms with Gasteiger partial charge in [0.1, 0.15) is 0 Å². The largest absolute Gasteiger partial charge is 0.419 e. The minimum absolute atomic E-state index is 0.227. The lowest BCUT2D eigenvalue weighted by Crippen LogP contribution is -2.38. The van der Waals surface area contributed by atoms with Gasteiger partial charge < -0.3 is 4.42 Å². The van der Waals surface area contributed by atoms with Crippen LogP contribution in [0.3, 0.4) is 0 Å². The smallest absolute Gasteiger partial charge is 0.261 e. The molecule has 0 fully saturated rings. The summed E-state index contributed by atoms with van der Waals surface area (Å²) in [5, 5.41) is 10.2. The molecule has 1 aliphatic rings. The number of carbonyl (C=O) groups excluding carboxylic acids is 2. The summed E-state index contributed by atoms with van der Waals surface area (Å²) in [5.74, 6) is 0.589. The van der Waals surface area contributed by atoms with Gasteiger partial charge in [-0.15, -0.1) is 21.5 Å². The Kier molecular flexibility index (Phi) is 5.31. The SMILES string of the molecule is CCCN(CCN1C(=O)c2ccccc2C1=O)Cc1nnc(-c2cccs2)o1. The Bertz CT molecular complexity index is 948. The number of hydrogen-bond donors (Lipinski definition) is 0. The minimum atomic E-state index is -0.227. The predicted molar refractivity (Wildman–Crippen MR) is 105 cm³/mol. The molecule has 1 aromatic carbocycles. The van der Waals surface area contributed by atoms with Crippen LogP contribution in [0, 0.1) is 0 Å². The molecule has 0 unspecified atom stereocenters. The van der Waals surface area contributed by atoms with Crippen molar-refractivity contribution in [3.05, 3.63) is 58.8 Å². The van der Waals surface area contributed by atoms with Crippen LogP contribution < -0.4 is 0 Å². The Morgan fingerprint density at radius 2 is 1.79 bits per heavy atom. The van der Waals surface area contributed by atoms with Crippen molar-refractivity contribution in [3.8, 4) is 10.8 Å². The number of nitrogens with zero attached hydrogens (tertiary/aromatic N) is 4. The van der Waals surface area contributed by atoms with Crippen molar-refractivity contribution in [2.75, 3.05) is 19.6 Å². The van der Waals surface area contributed by atoms with Gasteiger partial charge in [0.15, 0.2) is 0 Å². The molecule has 2 aromatic heterocycles. The zero-order valence-corrected chi connectivity index (χ0v) is 16.3. The summed E-state index contributed by atoms with van der Waals surface area (Å²) < 4.78 is 5.77. The molecular weight excluding hydrogens is 376 g/mol. The molecule has 28 heavy (non-hydrogen) atoms. The van der Waals surface area contributed by atoms with Gasteiger partial charge in [0.25, 0.3) is 17.7 Å². The Morgan fingerprint density at radius 1 is 1.04 bits per heavy atom.